The lowest BCUT2D eigenvalue weighted by atomic mass is 9.71. The highest BCUT2D eigenvalue weighted by molar-refractivity contribution is 4.94. The van der Waals surface area contributed by atoms with Gasteiger partial charge in [-0.3, -0.25) is 0 Å². The number of nitrogens with zero attached hydrogens (tertiary/aromatic N) is 1. The number of alkyl halides is 3. The van der Waals surface area contributed by atoms with Gasteiger partial charge in [-0.1, -0.05) is 0 Å². The summed E-state index contributed by atoms with van der Waals surface area (Å²) in [6.45, 7) is 0.456. The zero-order valence-corrected chi connectivity index (χ0v) is 10.4. The van der Waals surface area contributed by atoms with Crippen LogP contribution < -0.4 is 11.1 Å². The predicted molar refractivity (Wildman–Crippen MR) is 62.6 cm³/mol. The average Bonchev–Trinajstić information content (AvgIpc) is 2.30. The number of nitriles is 1. The summed E-state index contributed by atoms with van der Waals surface area (Å²) in [5.41, 5.74) is 5.59. The first-order chi connectivity index (χ1) is 8.41. The molecule has 1 rings (SSSR count). The van der Waals surface area contributed by atoms with Gasteiger partial charge in [0.2, 0.25) is 0 Å². The Morgan fingerprint density at radius 2 is 1.94 bits per heavy atom. The third-order valence-electron chi connectivity index (χ3n) is 3.77. The normalized spacial score (nSPS) is 28.9. The van der Waals surface area contributed by atoms with Crippen molar-refractivity contribution in [3.05, 3.63) is 0 Å². The number of nitrogens with two attached hydrogens (primary N) is 1. The summed E-state index contributed by atoms with van der Waals surface area (Å²) in [7, 11) is 0. The van der Waals surface area contributed by atoms with E-state index in [9.17, 15) is 13.2 Å². The lowest BCUT2D eigenvalue weighted by molar-refractivity contribution is -0.133. The van der Waals surface area contributed by atoms with Crippen molar-refractivity contribution in [2.24, 2.45) is 11.1 Å². The van der Waals surface area contributed by atoms with Gasteiger partial charge in [0.25, 0.3) is 0 Å². The molecule has 104 valence electrons. The Balaban J connectivity index is 2.29. The molecule has 0 aromatic rings. The Morgan fingerprint density at radius 1 is 1.33 bits per heavy atom. The Hall–Kier alpha value is -0.800. The molecule has 1 aliphatic rings. The minimum absolute atomic E-state index is 0.0258. The Kier molecular flexibility index (Phi) is 5.42. The highest BCUT2D eigenvalue weighted by Crippen LogP contribution is 2.38. The Morgan fingerprint density at radius 3 is 2.39 bits per heavy atom. The van der Waals surface area contributed by atoms with Crippen LogP contribution in [0, 0.1) is 16.7 Å². The first-order valence-electron chi connectivity index (χ1n) is 6.28. The van der Waals surface area contributed by atoms with Crippen LogP contribution in [0.3, 0.4) is 0 Å². The van der Waals surface area contributed by atoms with E-state index >= 15 is 0 Å². The van der Waals surface area contributed by atoms with E-state index in [0.29, 0.717) is 13.0 Å². The molecule has 0 heterocycles. The van der Waals surface area contributed by atoms with Crippen LogP contribution >= 0.6 is 0 Å². The van der Waals surface area contributed by atoms with Gasteiger partial charge in [-0.25, -0.2) is 0 Å². The molecule has 6 heteroatoms. The molecule has 1 saturated carbocycles. The van der Waals surface area contributed by atoms with Crippen LogP contribution in [-0.2, 0) is 0 Å². The molecular weight excluding hydrogens is 243 g/mol. The van der Waals surface area contributed by atoms with Gasteiger partial charge in [0, 0.05) is 19.0 Å². The summed E-state index contributed by atoms with van der Waals surface area (Å²) >= 11 is 0. The van der Waals surface area contributed by atoms with Crippen molar-refractivity contribution in [1.82, 2.24) is 5.32 Å². The molecule has 3 nitrogen and oxygen atoms in total. The molecule has 0 aliphatic heterocycles. The zero-order chi connectivity index (χ0) is 13.6. The highest BCUT2D eigenvalue weighted by Gasteiger charge is 2.34. The largest absolute Gasteiger partial charge is 0.390 e. The van der Waals surface area contributed by atoms with E-state index in [-0.39, 0.29) is 18.0 Å². The molecule has 0 unspecified atom stereocenters. The van der Waals surface area contributed by atoms with E-state index in [0.717, 1.165) is 25.7 Å². The minimum atomic E-state index is -4.09. The van der Waals surface area contributed by atoms with E-state index in [4.69, 9.17) is 11.0 Å². The maximum Gasteiger partial charge on any atom is 0.390 e. The predicted octanol–water partition coefficient (Wildman–Crippen LogP) is 2.33. The van der Waals surface area contributed by atoms with Gasteiger partial charge >= 0.3 is 6.18 Å². The monoisotopic (exact) mass is 263 g/mol. The van der Waals surface area contributed by atoms with Crippen molar-refractivity contribution < 1.29 is 13.2 Å². The summed E-state index contributed by atoms with van der Waals surface area (Å²) in [5, 5.41) is 11.7. The second-order valence-corrected chi connectivity index (χ2v) is 5.13. The molecular formula is C12H20F3N3. The molecule has 0 saturated heterocycles. The summed E-state index contributed by atoms with van der Waals surface area (Å²) in [4.78, 5) is 0. The van der Waals surface area contributed by atoms with Gasteiger partial charge in [-0.05, 0) is 37.6 Å². The Bertz CT molecular complexity index is 288. The van der Waals surface area contributed by atoms with Crippen LogP contribution in [0.1, 0.15) is 38.5 Å². The van der Waals surface area contributed by atoms with Crippen LogP contribution in [0.25, 0.3) is 0 Å². The van der Waals surface area contributed by atoms with Crippen LogP contribution in [0.2, 0.25) is 0 Å². The SMILES string of the molecule is N#CC[C@]1(CN)CC[C@@H](NCCC(F)(F)F)CC1. The zero-order valence-electron chi connectivity index (χ0n) is 10.4. The van der Waals surface area contributed by atoms with Crippen molar-refractivity contribution in [3.8, 4) is 6.07 Å². The van der Waals surface area contributed by atoms with Gasteiger partial charge in [0.1, 0.15) is 0 Å². The van der Waals surface area contributed by atoms with E-state index in [1.807, 2.05) is 0 Å². The molecule has 1 fully saturated rings. The van der Waals surface area contributed by atoms with E-state index in [2.05, 4.69) is 11.4 Å². The van der Waals surface area contributed by atoms with E-state index < -0.39 is 12.6 Å². The topological polar surface area (TPSA) is 61.8 Å². The molecule has 0 amide bonds. The number of nitrogens with one attached hydrogen (secondary N) is 1. The fourth-order valence-corrected chi connectivity index (χ4v) is 2.47. The van der Waals surface area contributed by atoms with Crippen LogP contribution in [0.4, 0.5) is 13.2 Å². The van der Waals surface area contributed by atoms with E-state index in [1.54, 1.807) is 0 Å². The van der Waals surface area contributed by atoms with Crippen molar-refractivity contribution >= 4 is 0 Å². The molecule has 18 heavy (non-hydrogen) atoms. The molecule has 0 aromatic heterocycles. The summed E-state index contributed by atoms with van der Waals surface area (Å²) in [5.74, 6) is 0. The van der Waals surface area contributed by atoms with Crippen molar-refractivity contribution in [2.75, 3.05) is 13.1 Å². The molecule has 3 N–H and O–H groups in total. The molecule has 0 atom stereocenters. The van der Waals surface area contributed by atoms with Crippen LogP contribution in [0.5, 0.6) is 0 Å². The molecule has 0 bridgehead atoms. The molecule has 0 aromatic carbocycles. The van der Waals surface area contributed by atoms with Crippen molar-refractivity contribution in [2.45, 2.75) is 50.7 Å². The lowest BCUT2D eigenvalue weighted by Gasteiger charge is -2.38. The summed E-state index contributed by atoms with van der Waals surface area (Å²) in [6, 6.07) is 2.29. The smallest absolute Gasteiger partial charge is 0.330 e. The van der Waals surface area contributed by atoms with Crippen LogP contribution in [0.15, 0.2) is 0 Å². The van der Waals surface area contributed by atoms with Gasteiger partial charge in [-0.15, -0.1) is 0 Å². The first-order valence-corrected chi connectivity index (χ1v) is 6.28. The lowest BCUT2D eigenvalue weighted by Crippen LogP contribution is -2.41. The second kappa shape index (κ2) is 6.39. The van der Waals surface area contributed by atoms with Gasteiger partial charge in [0.05, 0.1) is 12.5 Å². The molecule has 1 aliphatic carbocycles. The number of hydrogen-bond donors (Lipinski definition) is 2. The van der Waals surface area contributed by atoms with Crippen molar-refractivity contribution in [1.29, 1.82) is 5.26 Å². The third kappa shape index (κ3) is 4.83. The van der Waals surface area contributed by atoms with E-state index in [1.165, 1.54) is 0 Å². The third-order valence-corrected chi connectivity index (χ3v) is 3.77. The maximum atomic E-state index is 12.0. The second-order valence-electron chi connectivity index (χ2n) is 5.13. The highest BCUT2D eigenvalue weighted by atomic mass is 19.4. The molecule has 0 spiro atoms. The van der Waals surface area contributed by atoms with Gasteiger partial charge < -0.3 is 11.1 Å². The van der Waals surface area contributed by atoms with Gasteiger partial charge in [0.15, 0.2) is 0 Å². The van der Waals surface area contributed by atoms with Gasteiger partial charge in [-0.2, -0.15) is 18.4 Å². The standard InChI is InChI=1S/C12H20F3N3/c13-12(14,15)6-8-18-10-1-3-11(9-17,4-2-10)5-7-16/h10,18H,1-6,8-9,17H2/t10-,11+. The quantitative estimate of drug-likeness (QED) is 0.800. The number of rotatable bonds is 5. The number of halogens is 3. The minimum Gasteiger partial charge on any atom is -0.330 e. The summed E-state index contributed by atoms with van der Waals surface area (Å²) in [6.07, 6.45) is -1.19. The Labute approximate surface area is 106 Å². The fraction of sp³-hybridized carbons (Fsp3) is 0.917. The molecule has 0 radical (unpaired) electrons. The van der Waals surface area contributed by atoms with Crippen molar-refractivity contribution in [3.63, 3.8) is 0 Å². The van der Waals surface area contributed by atoms with Crippen LogP contribution in [-0.4, -0.2) is 25.3 Å². The fourth-order valence-electron chi connectivity index (χ4n) is 2.47. The number of hydrogen-bond acceptors (Lipinski definition) is 3. The summed E-state index contributed by atoms with van der Waals surface area (Å²) < 4.78 is 36.0. The first kappa shape index (κ1) is 15.3. The average molecular weight is 263 g/mol. The maximum absolute atomic E-state index is 12.0.